The average Bonchev–Trinajstić information content (AvgIpc) is 2.29. The normalized spacial score (nSPS) is 17.8. The number of nitrogens with zero attached hydrogens (tertiary/aromatic N) is 1. The molecule has 0 bridgehead atoms. The molecule has 0 saturated heterocycles. The van der Waals surface area contributed by atoms with Crippen molar-refractivity contribution in [1.82, 2.24) is 0 Å². The second-order valence-electron chi connectivity index (χ2n) is 5.03. The number of anilines is 1. The van der Waals surface area contributed by atoms with E-state index in [1.54, 1.807) is 11.8 Å². The number of amides is 1. The van der Waals surface area contributed by atoms with Crippen molar-refractivity contribution in [3.05, 3.63) is 22.7 Å². The van der Waals surface area contributed by atoms with Gasteiger partial charge in [-0.3, -0.25) is 4.79 Å². The van der Waals surface area contributed by atoms with Gasteiger partial charge in [-0.15, -0.1) is 11.8 Å². The highest BCUT2D eigenvalue weighted by Crippen LogP contribution is 2.45. The summed E-state index contributed by atoms with van der Waals surface area (Å²) in [6, 6.07) is 6.15. The zero-order valence-corrected chi connectivity index (χ0v) is 13.4. The van der Waals surface area contributed by atoms with Gasteiger partial charge in [-0.25, -0.2) is 0 Å². The molecule has 0 saturated carbocycles. The van der Waals surface area contributed by atoms with Crippen LogP contribution in [0.5, 0.6) is 0 Å². The van der Waals surface area contributed by atoms with Crippen LogP contribution in [0.2, 0.25) is 0 Å². The number of benzene rings is 1. The largest absolute Gasteiger partial charge is 0.310 e. The van der Waals surface area contributed by atoms with E-state index in [0.717, 1.165) is 29.5 Å². The SMILES string of the molecule is CCCCN1C(=O)C(C)(C)Sc2cc(Br)ccc21. The monoisotopic (exact) mass is 327 g/mol. The fourth-order valence-corrected chi connectivity index (χ4v) is 3.81. The lowest BCUT2D eigenvalue weighted by molar-refractivity contribution is -0.120. The summed E-state index contributed by atoms with van der Waals surface area (Å²) >= 11 is 5.15. The third-order valence-electron chi connectivity index (χ3n) is 3.07. The van der Waals surface area contributed by atoms with Gasteiger partial charge in [0, 0.05) is 15.9 Å². The maximum atomic E-state index is 12.5. The van der Waals surface area contributed by atoms with Crippen LogP contribution in [0.25, 0.3) is 0 Å². The number of thioether (sulfide) groups is 1. The minimum Gasteiger partial charge on any atom is -0.310 e. The van der Waals surface area contributed by atoms with Gasteiger partial charge in [0.2, 0.25) is 5.91 Å². The van der Waals surface area contributed by atoms with Crippen LogP contribution in [0.15, 0.2) is 27.6 Å². The number of carbonyl (C=O) groups excluding carboxylic acids is 1. The summed E-state index contributed by atoms with van der Waals surface area (Å²) in [6.45, 7) is 6.97. The van der Waals surface area contributed by atoms with Crippen molar-refractivity contribution in [3.8, 4) is 0 Å². The van der Waals surface area contributed by atoms with Crippen molar-refractivity contribution >= 4 is 39.3 Å². The standard InChI is InChI=1S/C14H18BrNOS/c1-4-5-8-16-11-7-6-10(15)9-12(11)18-14(2,3)13(16)17/h6-7,9H,4-5,8H2,1-3H3. The van der Waals surface area contributed by atoms with Crippen molar-refractivity contribution in [3.63, 3.8) is 0 Å². The molecular formula is C14H18BrNOS. The Hall–Kier alpha value is -0.480. The third-order valence-corrected chi connectivity index (χ3v) is 4.80. The minimum atomic E-state index is -0.373. The van der Waals surface area contributed by atoms with Gasteiger partial charge in [0.25, 0.3) is 0 Å². The van der Waals surface area contributed by atoms with Gasteiger partial charge < -0.3 is 4.90 Å². The van der Waals surface area contributed by atoms with Crippen LogP contribution in [0.1, 0.15) is 33.6 Å². The first-order chi connectivity index (χ1) is 8.45. The summed E-state index contributed by atoms with van der Waals surface area (Å²) in [5.41, 5.74) is 1.06. The van der Waals surface area contributed by atoms with Crippen molar-refractivity contribution in [1.29, 1.82) is 0 Å². The summed E-state index contributed by atoms with van der Waals surface area (Å²) in [6.07, 6.45) is 2.14. The molecule has 0 atom stereocenters. The van der Waals surface area contributed by atoms with E-state index in [1.807, 2.05) is 30.9 Å². The molecule has 4 heteroatoms. The van der Waals surface area contributed by atoms with E-state index >= 15 is 0 Å². The molecule has 0 fully saturated rings. The number of halogens is 1. The Morgan fingerprint density at radius 1 is 1.39 bits per heavy atom. The van der Waals surface area contributed by atoms with Gasteiger partial charge in [0.05, 0.1) is 10.4 Å². The molecule has 0 unspecified atom stereocenters. The molecule has 1 heterocycles. The highest BCUT2D eigenvalue weighted by atomic mass is 79.9. The lowest BCUT2D eigenvalue weighted by Gasteiger charge is -2.38. The van der Waals surface area contributed by atoms with E-state index < -0.39 is 0 Å². The number of carbonyl (C=O) groups is 1. The first-order valence-electron chi connectivity index (χ1n) is 6.26. The molecule has 1 amide bonds. The van der Waals surface area contributed by atoms with E-state index in [0.29, 0.717) is 0 Å². The Morgan fingerprint density at radius 2 is 2.11 bits per heavy atom. The quantitative estimate of drug-likeness (QED) is 0.816. The zero-order valence-electron chi connectivity index (χ0n) is 11.0. The second kappa shape index (κ2) is 5.25. The molecule has 1 aromatic rings. The fourth-order valence-electron chi connectivity index (χ4n) is 2.08. The molecule has 1 aromatic carbocycles. The predicted molar refractivity (Wildman–Crippen MR) is 81.3 cm³/mol. The van der Waals surface area contributed by atoms with Crippen molar-refractivity contribution in [2.24, 2.45) is 0 Å². The van der Waals surface area contributed by atoms with E-state index in [9.17, 15) is 4.79 Å². The van der Waals surface area contributed by atoms with E-state index in [1.165, 1.54) is 4.90 Å². The Kier molecular flexibility index (Phi) is 4.07. The van der Waals surface area contributed by atoms with Crippen LogP contribution < -0.4 is 4.90 Å². The number of hydrogen-bond donors (Lipinski definition) is 0. The summed E-state index contributed by atoms with van der Waals surface area (Å²) in [7, 11) is 0. The van der Waals surface area contributed by atoms with Gasteiger partial charge in [-0.1, -0.05) is 29.3 Å². The van der Waals surface area contributed by atoms with Gasteiger partial charge in [-0.05, 0) is 38.5 Å². The lowest BCUT2D eigenvalue weighted by Crippen LogP contribution is -2.46. The number of rotatable bonds is 3. The summed E-state index contributed by atoms with van der Waals surface area (Å²) in [5.74, 6) is 0.218. The predicted octanol–water partition coefficient (Wildman–Crippen LogP) is 4.47. The van der Waals surface area contributed by atoms with Crippen molar-refractivity contribution < 1.29 is 4.79 Å². The number of fused-ring (bicyclic) bond motifs is 1. The molecule has 0 aliphatic carbocycles. The minimum absolute atomic E-state index is 0.218. The highest BCUT2D eigenvalue weighted by molar-refractivity contribution is 9.10. The Morgan fingerprint density at radius 3 is 2.78 bits per heavy atom. The molecule has 18 heavy (non-hydrogen) atoms. The van der Waals surface area contributed by atoms with E-state index in [-0.39, 0.29) is 10.7 Å². The van der Waals surface area contributed by atoms with Crippen molar-refractivity contribution in [2.75, 3.05) is 11.4 Å². The van der Waals surface area contributed by atoms with Gasteiger partial charge in [-0.2, -0.15) is 0 Å². The molecule has 2 nitrogen and oxygen atoms in total. The van der Waals surface area contributed by atoms with Crippen LogP contribution in [-0.2, 0) is 4.79 Å². The van der Waals surface area contributed by atoms with Crippen LogP contribution in [0.4, 0.5) is 5.69 Å². The molecule has 0 spiro atoms. The number of unbranched alkanes of at least 4 members (excludes halogenated alkanes) is 1. The summed E-state index contributed by atoms with van der Waals surface area (Å²) in [4.78, 5) is 15.6. The van der Waals surface area contributed by atoms with Crippen LogP contribution in [0.3, 0.4) is 0 Å². The topological polar surface area (TPSA) is 20.3 Å². The molecular weight excluding hydrogens is 310 g/mol. The van der Waals surface area contributed by atoms with Crippen molar-refractivity contribution in [2.45, 2.75) is 43.3 Å². The maximum absolute atomic E-state index is 12.5. The van der Waals surface area contributed by atoms with Gasteiger partial charge in [0.15, 0.2) is 0 Å². The first-order valence-corrected chi connectivity index (χ1v) is 7.87. The molecule has 1 aliphatic heterocycles. The summed E-state index contributed by atoms with van der Waals surface area (Å²) in [5, 5.41) is 0. The lowest BCUT2D eigenvalue weighted by atomic mass is 10.1. The van der Waals surface area contributed by atoms with E-state index in [4.69, 9.17) is 0 Å². The molecule has 2 rings (SSSR count). The molecule has 98 valence electrons. The first kappa shape index (κ1) is 13.9. The third kappa shape index (κ3) is 2.59. The van der Waals surface area contributed by atoms with E-state index in [2.05, 4.69) is 28.9 Å². The maximum Gasteiger partial charge on any atom is 0.243 e. The van der Waals surface area contributed by atoms with Gasteiger partial charge >= 0.3 is 0 Å². The van der Waals surface area contributed by atoms with Crippen LogP contribution in [0, 0.1) is 0 Å². The number of hydrogen-bond acceptors (Lipinski definition) is 2. The molecule has 0 aromatic heterocycles. The molecule has 0 N–H and O–H groups in total. The Balaban J connectivity index is 2.42. The fraction of sp³-hybridized carbons (Fsp3) is 0.500. The second-order valence-corrected chi connectivity index (χ2v) is 7.62. The Bertz CT molecular complexity index is 473. The summed E-state index contributed by atoms with van der Waals surface area (Å²) < 4.78 is 0.691. The van der Waals surface area contributed by atoms with Gasteiger partial charge in [0.1, 0.15) is 0 Å². The van der Waals surface area contributed by atoms with Crippen LogP contribution in [-0.4, -0.2) is 17.2 Å². The zero-order chi connectivity index (χ0) is 13.3. The molecule has 1 aliphatic rings. The average molecular weight is 328 g/mol. The van der Waals surface area contributed by atoms with Crippen LogP contribution >= 0.6 is 27.7 Å². The molecule has 0 radical (unpaired) electrons. The highest BCUT2D eigenvalue weighted by Gasteiger charge is 2.39. The Labute approximate surface area is 121 Å². The smallest absolute Gasteiger partial charge is 0.243 e.